The molecule has 0 heteroatoms. The molecule has 3 rings (SSSR count). The maximum atomic E-state index is 2.36. The van der Waals surface area contributed by atoms with Crippen LogP contribution in [-0.4, -0.2) is 0 Å². The van der Waals surface area contributed by atoms with Crippen molar-refractivity contribution in [3.05, 3.63) is 35.4 Å². The van der Waals surface area contributed by atoms with Crippen LogP contribution in [0.25, 0.3) is 0 Å². The van der Waals surface area contributed by atoms with E-state index in [2.05, 4.69) is 24.3 Å². The monoisotopic (exact) mass is 272 g/mol. The predicted octanol–water partition coefficient (Wildman–Crippen LogP) is 6.47. The van der Waals surface area contributed by atoms with Gasteiger partial charge in [-0.1, -0.05) is 88.5 Å². The molecule has 0 saturated carbocycles. The minimum absolute atomic E-state index is 1.28. The molecule has 0 saturated heterocycles. The third-order valence-electron chi connectivity index (χ3n) is 4.70. The normalized spacial score (nSPS) is 20.2. The molecule has 20 heavy (non-hydrogen) atoms. The van der Waals surface area contributed by atoms with Crippen LogP contribution in [0.4, 0.5) is 0 Å². The highest BCUT2D eigenvalue weighted by Crippen LogP contribution is 2.16. The molecule has 0 amide bonds. The van der Waals surface area contributed by atoms with Crippen molar-refractivity contribution in [2.24, 2.45) is 0 Å². The SMILES string of the molecule is c1cc2ccc1CCCCCCCCCCCCCC2. The molecule has 0 nitrogen and oxygen atoms in total. The largest absolute Gasteiger partial charge is 0.0588 e. The Labute approximate surface area is 126 Å². The first-order chi connectivity index (χ1) is 9.95. The van der Waals surface area contributed by atoms with E-state index in [0.717, 1.165) is 0 Å². The van der Waals surface area contributed by atoms with Crippen LogP contribution in [0.1, 0.15) is 88.2 Å². The first-order valence-corrected chi connectivity index (χ1v) is 9.03. The lowest BCUT2D eigenvalue weighted by Gasteiger charge is -2.07. The molecular formula is C20H32. The number of hydrogen-bond acceptors (Lipinski definition) is 0. The second-order valence-corrected chi connectivity index (χ2v) is 6.56. The lowest BCUT2D eigenvalue weighted by Crippen LogP contribution is -1.90. The highest BCUT2D eigenvalue weighted by molar-refractivity contribution is 5.22. The predicted molar refractivity (Wildman–Crippen MR) is 89.3 cm³/mol. The number of aryl methyl sites for hydroxylation is 2. The molecular weight excluding hydrogens is 240 g/mol. The second kappa shape index (κ2) is 10.0. The zero-order chi connectivity index (χ0) is 13.9. The molecule has 0 unspecified atom stereocenters. The minimum atomic E-state index is 1.28. The van der Waals surface area contributed by atoms with E-state index < -0.39 is 0 Å². The molecule has 2 aliphatic carbocycles. The summed E-state index contributed by atoms with van der Waals surface area (Å²) in [5, 5.41) is 0. The first kappa shape index (κ1) is 15.6. The van der Waals surface area contributed by atoms with Gasteiger partial charge in [0.05, 0.1) is 0 Å². The van der Waals surface area contributed by atoms with Crippen LogP contribution in [0.2, 0.25) is 0 Å². The quantitative estimate of drug-likeness (QED) is 0.508. The van der Waals surface area contributed by atoms with Gasteiger partial charge in [0.1, 0.15) is 0 Å². The van der Waals surface area contributed by atoms with E-state index in [9.17, 15) is 0 Å². The van der Waals surface area contributed by atoms with Gasteiger partial charge in [-0.05, 0) is 36.8 Å². The molecule has 0 aromatic heterocycles. The van der Waals surface area contributed by atoms with Gasteiger partial charge in [-0.15, -0.1) is 0 Å². The van der Waals surface area contributed by atoms with Gasteiger partial charge in [-0.3, -0.25) is 0 Å². The van der Waals surface area contributed by atoms with Gasteiger partial charge in [0.2, 0.25) is 0 Å². The molecule has 2 aliphatic rings. The Morgan fingerprint density at radius 3 is 0.900 bits per heavy atom. The Hall–Kier alpha value is -0.780. The topological polar surface area (TPSA) is 0 Å². The van der Waals surface area contributed by atoms with Crippen LogP contribution in [0, 0.1) is 0 Å². The van der Waals surface area contributed by atoms with Crippen molar-refractivity contribution in [2.45, 2.75) is 89.9 Å². The summed E-state index contributed by atoms with van der Waals surface area (Å²) in [6.45, 7) is 0. The van der Waals surface area contributed by atoms with Crippen molar-refractivity contribution in [3.8, 4) is 0 Å². The smallest absolute Gasteiger partial charge is 0.0279 e. The molecule has 0 N–H and O–H groups in total. The van der Waals surface area contributed by atoms with Crippen molar-refractivity contribution in [1.82, 2.24) is 0 Å². The summed E-state index contributed by atoms with van der Waals surface area (Å²) in [4.78, 5) is 0. The van der Waals surface area contributed by atoms with Gasteiger partial charge in [0.25, 0.3) is 0 Å². The van der Waals surface area contributed by atoms with Crippen LogP contribution < -0.4 is 0 Å². The maximum Gasteiger partial charge on any atom is -0.0279 e. The van der Waals surface area contributed by atoms with Gasteiger partial charge in [-0.2, -0.15) is 0 Å². The Morgan fingerprint density at radius 1 is 0.350 bits per heavy atom. The van der Waals surface area contributed by atoms with E-state index in [1.54, 1.807) is 0 Å². The zero-order valence-electron chi connectivity index (χ0n) is 13.2. The third-order valence-corrected chi connectivity index (χ3v) is 4.70. The van der Waals surface area contributed by atoms with Gasteiger partial charge in [0, 0.05) is 0 Å². The molecule has 1 aromatic rings. The van der Waals surface area contributed by atoms with Crippen molar-refractivity contribution < 1.29 is 0 Å². The van der Waals surface area contributed by atoms with Gasteiger partial charge >= 0.3 is 0 Å². The minimum Gasteiger partial charge on any atom is -0.0588 e. The lowest BCUT2D eigenvalue weighted by molar-refractivity contribution is 0.540. The maximum absolute atomic E-state index is 2.36. The second-order valence-electron chi connectivity index (χ2n) is 6.56. The average Bonchev–Trinajstić information content (AvgIpc) is 2.48. The summed E-state index contributed by atoms with van der Waals surface area (Å²) in [7, 11) is 0. The number of hydrogen-bond donors (Lipinski definition) is 0. The fourth-order valence-corrected chi connectivity index (χ4v) is 3.30. The molecule has 1 aromatic carbocycles. The van der Waals surface area contributed by atoms with Gasteiger partial charge in [0.15, 0.2) is 0 Å². The van der Waals surface area contributed by atoms with E-state index in [1.165, 1.54) is 101 Å². The van der Waals surface area contributed by atoms with Crippen LogP contribution in [0.5, 0.6) is 0 Å². The van der Waals surface area contributed by atoms with E-state index in [4.69, 9.17) is 0 Å². The Morgan fingerprint density at radius 2 is 0.600 bits per heavy atom. The molecule has 0 radical (unpaired) electrons. The number of rotatable bonds is 0. The van der Waals surface area contributed by atoms with E-state index in [1.807, 2.05) is 0 Å². The summed E-state index contributed by atoms with van der Waals surface area (Å²) in [6, 6.07) is 9.44. The van der Waals surface area contributed by atoms with Crippen molar-refractivity contribution in [3.63, 3.8) is 0 Å². The van der Waals surface area contributed by atoms with E-state index in [0.29, 0.717) is 0 Å². The molecule has 0 spiro atoms. The Kier molecular flexibility index (Phi) is 7.82. The Bertz CT molecular complexity index is 301. The summed E-state index contributed by atoms with van der Waals surface area (Å²) >= 11 is 0. The molecule has 0 fully saturated rings. The van der Waals surface area contributed by atoms with E-state index in [-0.39, 0.29) is 0 Å². The summed E-state index contributed by atoms with van der Waals surface area (Å²) in [5.41, 5.74) is 3.07. The van der Waals surface area contributed by atoms with Crippen LogP contribution in [0.15, 0.2) is 24.3 Å². The molecule has 0 aliphatic heterocycles. The summed E-state index contributed by atoms with van der Waals surface area (Å²) < 4.78 is 0. The van der Waals surface area contributed by atoms with Crippen molar-refractivity contribution in [2.75, 3.05) is 0 Å². The highest BCUT2D eigenvalue weighted by Gasteiger charge is 1.98. The summed E-state index contributed by atoms with van der Waals surface area (Å²) in [5.74, 6) is 0. The van der Waals surface area contributed by atoms with Crippen LogP contribution in [0.3, 0.4) is 0 Å². The molecule has 112 valence electrons. The van der Waals surface area contributed by atoms with Crippen molar-refractivity contribution >= 4 is 0 Å². The van der Waals surface area contributed by atoms with Crippen LogP contribution in [-0.2, 0) is 12.8 Å². The molecule has 2 bridgehead atoms. The highest BCUT2D eigenvalue weighted by atomic mass is 14.0. The third kappa shape index (κ3) is 6.59. The molecule has 0 heterocycles. The lowest BCUT2D eigenvalue weighted by atomic mass is 9.99. The zero-order valence-corrected chi connectivity index (χ0v) is 13.2. The fourth-order valence-electron chi connectivity index (χ4n) is 3.30. The van der Waals surface area contributed by atoms with E-state index >= 15 is 0 Å². The number of fused-ring (bicyclic) bond motifs is 15. The Balaban J connectivity index is 1.78. The average molecular weight is 272 g/mol. The molecule has 0 atom stereocenters. The first-order valence-electron chi connectivity index (χ1n) is 9.03. The van der Waals surface area contributed by atoms with Crippen molar-refractivity contribution in [1.29, 1.82) is 0 Å². The number of benzene rings is 1. The van der Waals surface area contributed by atoms with Crippen LogP contribution >= 0.6 is 0 Å². The van der Waals surface area contributed by atoms with Gasteiger partial charge < -0.3 is 0 Å². The standard InChI is InChI=1S/C20H32/c1-2-4-6-8-10-12-14-20-17-15-19(16-18-20)13-11-9-7-5-3-1/h15-18H,1-14H2. The van der Waals surface area contributed by atoms with Gasteiger partial charge in [-0.25, -0.2) is 0 Å². The summed E-state index contributed by atoms with van der Waals surface area (Å²) in [6.07, 6.45) is 19.8. The fraction of sp³-hybridized carbons (Fsp3) is 0.700.